The van der Waals surface area contributed by atoms with Crippen LogP contribution in [0.5, 0.6) is 0 Å². The molecule has 0 saturated heterocycles. The SMILES string of the molecule is CC[C@H](C)[C@H](NC[C@@H](N)CS)C(=O)NCCC(C)C. The number of hydrogen-bond donors (Lipinski definition) is 4. The topological polar surface area (TPSA) is 67.1 Å². The van der Waals surface area contributed by atoms with Crippen LogP contribution in [0.3, 0.4) is 0 Å². The largest absolute Gasteiger partial charge is 0.355 e. The molecule has 1 amide bonds. The fourth-order valence-corrected chi connectivity index (χ4v) is 1.85. The first kappa shape index (κ1) is 18.7. The summed E-state index contributed by atoms with van der Waals surface area (Å²) in [7, 11) is 0. The molecule has 0 aliphatic carbocycles. The lowest BCUT2D eigenvalue weighted by atomic mass is 9.98. The first-order valence-corrected chi connectivity index (χ1v) is 7.93. The third-order valence-corrected chi connectivity index (χ3v) is 3.82. The molecule has 3 atom stereocenters. The number of nitrogens with one attached hydrogen (secondary N) is 2. The van der Waals surface area contributed by atoms with Gasteiger partial charge in [-0.25, -0.2) is 0 Å². The summed E-state index contributed by atoms with van der Waals surface area (Å²) in [5.41, 5.74) is 5.83. The van der Waals surface area contributed by atoms with Crippen LogP contribution in [-0.4, -0.2) is 36.8 Å². The zero-order valence-corrected chi connectivity index (χ0v) is 13.7. The molecular weight excluding hydrogens is 258 g/mol. The molecule has 4 nitrogen and oxygen atoms in total. The molecule has 114 valence electrons. The molecule has 0 saturated carbocycles. The molecule has 0 unspecified atom stereocenters. The molecule has 19 heavy (non-hydrogen) atoms. The van der Waals surface area contributed by atoms with Crippen LogP contribution in [0.1, 0.15) is 40.5 Å². The molecule has 0 radical (unpaired) electrons. The maximum Gasteiger partial charge on any atom is 0.237 e. The highest BCUT2D eigenvalue weighted by Crippen LogP contribution is 2.08. The van der Waals surface area contributed by atoms with E-state index in [2.05, 4.69) is 51.0 Å². The molecule has 4 N–H and O–H groups in total. The molecule has 0 aliphatic heterocycles. The van der Waals surface area contributed by atoms with Crippen LogP contribution in [0.25, 0.3) is 0 Å². The number of nitrogens with two attached hydrogens (primary N) is 1. The van der Waals surface area contributed by atoms with E-state index in [-0.39, 0.29) is 18.0 Å². The van der Waals surface area contributed by atoms with Crippen molar-refractivity contribution >= 4 is 18.5 Å². The fourth-order valence-electron chi connectivity index (χ4n) is 1.72. The van der Waals surface area contributed by atoms with Crippen LogP contribution >= 0.6 is 12.6 Å². The van der Waals surface area contributed by atoms with E-state index in [9.17, 15) is 4.79 Å². The van der Waals surface area contributed by atoms with Crippen LogP contribution in [-0.2, 0) is 4.79 Å². The number of carbonyl (C=O) groups is 1. The van der Waals surface area contributed by atoms with Crippen molar-refractivity contribution < 1.29 is 4.79 Å². The van der Waals surface area contributed by atoms with Crippen molar-refractivity contribution in [3.05, 3.63) is 0 Å². The van der Waals surface area contributed by atoms with Gasteiger partial charge in [-0.2, -0.15) is 12.6 Å². The Morgan fingerprint density at radius 2 is 1.95 bits per heavy atom. The maximum atomic E-state index is 12.2. The Morgan fingerprint density at radius 3 is 2.42 bits per heavy atom. The number of carbonyl (C=O) groups excluding carboxylic acids is 1. The Kier molecular flexibility index (Phi) is 10.4. The van der Waals surface area contributed by atoms with Gasteiger partial charge in [0.15, 0.2) is 0 Å². The predicted octanol–water partition coefficient (Wildman–Crippen LogP) is 1.41. The highest BCUT2D eigenvalue weighted by atomic mass is 32.1. The zero-order valence-electron chi connectivity index (χ0n) is 12.8. The van der Waals surface area contributed by atoms with Crippen molar-refractivity contribution in [3.63, 3.8) is 0 Å². The van der Waals surface area contributed by atoms with E-state index >= 15 is 0 Å². The third-order valence-electron chi connectivity index (χ3n) is 3.35. The summed E-state index contributed by atoms with van der Waals surface area (Å²) in [5.74, 6) is 1.61. The van der Waals surface area contributed by atoms with Crippen LogP contribution in [0, 0.1) is 11.8 Å². The first-order chi connectivity index (χ1) is 8.92. The van der Waals surface area contributed by atoms with Gasteiger partial charge in [0.25, 0.3) is 0 Å². The number of amides is 1. The quantitative estimate of drug-likeness (QED) is 0.460. The molecule has 5 heteroatoms. The van der Waals surface area contributed by atoms with E-state index in [4.69, 9.17) is 5.73 Å². The molecule has 0 fully saturated rings. The van der Waals surface area contributed by atoms with Crippen molar-refractivity contribution in [3.8, 4) is 0 Å². The predicted molar refractivity (Wildman–Crippen MR) is 85.5 cm³/mol. The molecule has 0 aromatic heterocycles. The van der Waals surface area contributed by atoms with Crippen LogP contribution in [0.4, 0.5) is 0 Å². The maximum absolute atomic E-state index is 12.2. The molecule has 0 rings (SSSR count). The van der Waals surface area contributed by atoms with Gasteiger partial charge in [-0.1, -0.05) is 34.1 Å². The average molecular weight is 289 g/mol. The highest BCUT2D eigenvalue weighted by molar-refractivity contribution is 7.80. The van der Waals surface area contributed by atoms with Gasteiger partial charge >= 0.3 is 0 Å². The molecule has 0 aliphatic rings. The zero-order chi connectivity index (χ0) is 14.8. The summed E-state index contributed by atoms with van der Waals surface area (Å²) in [6.45, 7) is 9.86. The van der Waals surface area contributed by atoms with Crippen molar-refractivity contribution in [2.75, 3.05) is 18.8 Å². The van der Waals surface area contributed by atoms with Crippen LogP contribution in [0.2, 0.25) is 0 Å². The Balaban J connectivity index is 4.27. The van der Waals surface area contributed by atoms with Crippen LogP contribution in [0.15, 0.2) is 0 Å². The lowest BCUT2D eigenvalue weighted by Crippen LogP contribution is -2.51. The number of thiol groups is 1. The van der Waals surface area contributed by atoms with E-state index in [0.29, 0.717) is 24.1 Å². The molecular formula is C14H31N3OS. The smallest absolute Gasteiger partial charge is 0.237 e. The molecule has 0 bridgehead atoms. The van der Waals surface area contributed by atoms with Gasteiger partial charge in [-0.05, 0) is 18.3 Å². The first-order valence-electron chi connectivity index (χ1n) is 7.29. The lowest BCUT2D eigenvalue weighted by Gasteiger charge is -2.25. The minimum Gasteiger partial charge on any atom is -0.355 e. The van der Waals surface area contributed by atoms with Gasteiger partial charge in [0.1, 0.15) is 0 Å². The number of rotatable bonds is 10. The normalized spacial score (nSPS) is 16.2. The summed E-state index contributed by atoms with van der Waals surface area (Å²) < 4.78 is 0. The third kappa shape index (κ3) is 8.50. The average Bonchev–Trinajstić information content (AvgIpc) is 2.37. The van der Waals surface area contributed by atoms with E-state index in [1.165, 1.54) is 0 Å². The summed E-state index contributed by atoms with van der Waals surface area (Å²) in [4.78, 5) is 12.2. The minimum absolute atomic E-state index is 0.0154. The monoisotopic (exact) mass is 289 g/mol. The molecule has 0 spiro atoms. The second-order valence-electron chi connectivity index (χ2n) is 5.69. The van der Waals surface area contributed by atoms with Crippen molar-refractivity contribution in [2.24, 2.45) is 17.6 Å². The molecule has 0 heterocycles. The van der Waals surface area contributed by atoms with Gasteiger partial charge in [-0.3, -0.25) is 4.79 Å². The summed E-state index contributed by atoms with van der Waals surface area (Å²) >= 11 is 4.16. The minimum atomic E-state index is -0.164. The van der Waals surface area contributed by atoms with E-state index < -0.39 is 0 Å². The summed E-state index contributed by atoms with van der Waals surface area (Å²) in [6.07, 6.45) is 1.97. The second kappa shape index (κ2) is 10.5. The van der Waals surface area contributed by atoms with Gasteiger partial charge < -0.3 is 16.4 Å². The summed E-state index contributed by atoms with van der Waals surface area (Å²) in [6, 6.07) is -0.179. The Morgan fingerprint density at radius 1 is 1.32 bits per heavy atom. The second-order valence-corrected chi connectivity index (χ2v) is 6.05. The highest BCUT2D eigenvalue weighted by Gasteiger charge is 2.23. The van der Waals surface area contributed by atoms with Gasteiger partial charge in [-0.15, -0.1) is 0 Å². The van der Waals surface area contributed by atoms with Gasteiger partial charge in [0, 0.05) is 24.9 Å². The van der Waals surface area contributed by atoms with Gasteiger partial charge in [0.05, 0.1) is 6.04 Å². The van der Waals surface area contributed by atoms with Crippen molar-refractivity contribution in [2.45, 2.75) is 52.6 Å². The van der Waals surface area contributed by atoms with Crippen molar-refractivity contribution in [1.82, 2.24) is 10.6 Å². The van der Waals surface area contributed by atoms with E-state index in [1.54, 1.807) is 0 Å². The fraction of sp³-hybridized carbons (Fsp3) is 0.929. The Labute approximate surface area is 123 Å². The number of hydrogen-bond acceptors (Lipinski definition) is 4. The van der Waals surface area contributed by atoms with E-state index in [0.717, 1.165) is 19.4 Å². The molecule has 0 aromatic rings. The van der Waals surface area contributed by atoms with Crippen LogP contribution < -0.4 is 16.4 Å². The lowest BCUT2D eigenvalue weighted by molar-refractivity contribution is -0.124. The van der Waals surface area contributed by atoms with Crippen molar-refractivity contribution in [1.29, 1.82) is 0 Å². The van der Waals surface area contributed by atoms with Gasteiger partial charge in [0.2, 0.25) is 5.91 Å². The Bertz CT molecular complexity index is 249. The molecule has 0 aromatic carbocycles. The summed E-state index contributed by atoms with van der Waals surface area (Å²) in [5, 5.41) is 6.28. The standard InChI is InChI=1S/C14H31N3OS/c1-5-11(4)13(17-8-12(15)9-19)14(18)16-7-6-10(2)3/h10-13,17,19H,5-9,15H2,1-4H3,(H,16,18)/t11-,12+,13-/m0/s1. The van der Waals surface area contributed by atoms with E-state index in [1.807, 2.05) is 0 Å². The Hall–Kier alpha value is -0.260.